The average Bonchev–Trinajstić information content (AvgIpc) is 2.86. The predicted molar refractivity (Wildman–Crippen MR) is 78.9 cm³/mol. The lowest BCUT2D eigenvalue weighted by atomic mass is 10.2. The third-order valence-electron chi connectivity index (χ3n) is 3.59. The molecule has 0 aliphatic carbocycles. The van der Waals surface area contributed by atoms with Crippen molar-refractivity contribution in [1.82, 2.24) is 15.1 Å². The molecule has 1 aliphatic rings. The van der Waals surface area contributed by atoms with Gasteiger partial charge in [0.2, 0.25) is 0 Å². The molecule has 0 saturated heterocycles. The second-order valence-electron chi connectivity index (χ2n) is 5.15. The van der Waals surface area contributed by atoms with E-state index in [-0.39, 0.29) is 6.10 Å². The van der Waals surface area contributed by atoms with Crippen molar-refractivity contribution in [1.29, 1.82) is 0 Å². The highest BCUT2D eigenvalue weighted by atomic mass is 35.5. The minimum atomic E-state index is 0.192. The summed E-state index contributed by atoms with van der Waals surface area (Å²) in [5.74, 6) is 0.913. The van der Waals surface area contributed by atoms with E-state index in [2.05, 4.69) is 28.1 Å². The van der Waals surface area contributed by atoms with Crippen LogP contribution in [0.25, 0.3) is 0 Å². The average molecular weight is 292 g/mol. The SMILES string of the molecule is CC[C@H]1CN(Cc2ccn[nH]2)Cc2ccc(Cl)cc2O1. The van der Waals surface area contributed by atoms with Crippen molar-refractivity contribution in [2.45, 2.75) is 32.5 Å². The Morgan fingerprint density at radius 1 is 1.45 bits per heavy atom. The highest BCUT2D eigenvalue weighted by Crippen LogP contribution is 2.29. The van der Waals surface area contributed by atoms with Crippen LogP contribution in [0.1, 0.15) is 24.6 Å². The Bertz CT molecular complexity index is 571. The first kappa shape index (κ1) is 13.5. The van der Waals surface area contributed by atoms with Crippen molar-refractivity contribution >= 4 is 11.6 Å². The van der Waals surface area contributed by atoms with Crippen LogP contribution in [0.2, 0.25) is 5.02 Å². The fraction of sp³-hybridized carbons (Fsp3) is 0.400. The van der Waals surface area contributed by atoms with Gasteiger partial charge in [0.15, 0.2) is 0 Å². The van der Waals surface area contributed by atoms with Crippen LogP contribution < -0.4 is 4.74 Å². The van der Waals surface area contributed by atoms with Gasteiger partial charge in [0, 0.05) is 42.1 Å². The molecule has 2 aromatic rings. The van der Waals surface area contributed by atoms with Gasteiger partial charge in [-0.05, 0) is 24.6 Å². The standard InChI is InChI=1S/C15H18ClN3O/c1-2-14-10-19(9-13-5-6-17-18-13)8-11-3-4-12(16)7-15(11)20-14/h3-7,14H,2,8-10H2,1H3,(H,17,18)/t14-/m0/s1. The van der Waals surface area contributed by atoms with E-state index in [1.807, 2.05) is 18.2 Å². The summed E-state index contributed by atoms with van der Waals surface area (Å²) in [6, 6.07) is 7.90. The molecule has 1 N–H and O–H groups in total. The number of hydrogen-bond acceptors (Lipinski definition) is 3. The number of aromatic amines is 1. The van der Waals surface area contributed by atoms with Crippen molar-refractivity contribution in [2.75, 3.05) is 6.54 Å². The summed E-state index contributed by atoms with van der Waals surface area (Å²) in [5, 5.41) is 7.75. The Labute approximate surface area is 123 Å². The fourth-order valence-electron chi connectivity index (χ4n) is 2.53. The molecule has 0 amide bonds. The Morgan fingerprint density at radius 2 is 2.35 bits per heavy atom. The summed E-state index contributed by atoms with van der Waals surface area (Å²) in [6.45, 7) is 4.76. The van der Waals surface area contributed by atoms with Crippen LogP contribution in [0.4, 0.5) is 0 Å². The number of H-pyrrole nitrogens is 1. The second kappa shape index (κ2) is 5.85. The number of nitrogens with one attached hydrogen (secondary N) is 1. The molecule has 2 heterocycles. The van der Waals surface area contributed by atoms with Crippen LogP contribution in [0.5, 0.6) is 5.75 Å². The maximum Gasteiger partial charge on any atom is 0.125 e. The first-order chi connectivity index (χ1) is 9.74. The van der Waals surface area contributed by atoms with Crippen LogP contribution in [-0.2, 0) is 13.1 Å². The van der Waals surface area contributed by atoms with Gasteiger partial charge >= 0.3 is 0 Å². The number of aromatic nitrogens is 2. The van der Waals surface area contributed by atoms with E-state index in [0.29, 0.717) is 0 Å². The summed E-state index contributed by atoms with van der Waals surface area (Å²) >= 11 is 6.07. The van der Waals surface area contributed by atoms with Gasteiger partial charge in [-0.25, -0.2) is 0 Å². The zero-order chi connectivity index (χ0) is 13.9. The van der Waals surface area contributed by atoms with Crippen molar-refractivity contribution in [3.63, 3.8) is 0 Å². The molecule has 0 saturated carbocycles. The number of nitrogens with zero attached hydrogens (tertiary/aromatic N) is 2. The van der Waals surface area contributed by atoms with Crippen LogP contribution >= 0.6 is 11.6 Å². The van der Waals surface area contributed by atoms with E-state index in [9.17, 15) is 0 Å². The molecular weight excluding hydrogens is 274 g/mol. The molecule has 3 rings (SSSR count). The Hall–Kier alpha value is -1.52. The normalized spacial score (nSPS) is 19.2. The third kappa shape index (κ3) is 2.97. The smallest absolute Gasteiger partial charge is 0.125 e. The molecule has 0 spiro atoms. The van der Waals surface area contributed by atoms with Gasteiger partial charge in [-0.2, -0.15) is 5.10 Å². The van der Waals surface area contributed by atoms with E-state index in [4.69, 9.17) is 16.3 Å². The number of hydrogen-bond donors (Lipinski definition) is 1. The van der Waals surface area contributed by atoms with Crippen molar-refractivity contribution in [3.05, 3.63) is 46.7 Å². The van der Waals surface area contributed by atoms with Crippen molar-refractivity contribution < 1.29 is 4.74 Å². The van der Waals surface area contributed by atoms with Gasteiger partial charge in [0.25, 0.3) is 0 Å². The molecule has 1 atom stereocenters. The molecule has 1 aromatic carbocycles. The Kier molecular flexibility index (Phi) is 3.94. The molecule has 0 unspecified atom stereocenters. The summed E-state index contributed by atoms with van der Waals surface area (Å²) in [4.78, 5) is 2.38. The first-order valence-corrected chi connectivity index (χ1v) is 7.28. The van der Waals surface area contributed by atoms with Crippen LogP contribution in [0.15, 0.2) is 30.5 Å². The maximum absolute atomic E-state index is 6.08. The number of fused-ring (bicyclic) bond motifs is 1. The topological polar surface area (TPSA) is 41.2 Å². The van der Waals surface area contributed by atoms with Crippen LogP contribution in [-0.4, -0.2) is 27.7 Å². The van der Waals surface area contributed by atoms with Gasteiger partial charge in [0.05, 0.1) is 0 Å². The molecule has 0 fully saturated rings. The van der Waals surface area contributed by atoms with Gasteiger partial charge in [-0.3, -0.25) is 10.00 Å². The van der Waals surface area contributed by atoms with Gasteiger partial charge in [-0.15, -0.1) is 0 Å². The fourth-order valence-corrected chi connectivity index (χ4v) is 2.69. The summed E-state index contributed by atoms with van der Waals surface area (Å²) in [6.07, 6.45) is 2.96. The zero-order valence-corrected chi connectivity index (χ0v) is 12.2. The zero-order valence-electron chi connectivity index (χ0n) is 11.5. The summed E-state index contributed by atoms with van der Waals surface area (Å²) in [7, 11) is 0. The molecule has 20 heavy (non-hydrogen) atoms. The maximum atomic E-state index is 6.08. The Morgan fingerprint density at radius 3 is 3.10 bits per heavy atom. The van der Waals surface area contributed by atoms with E-state index >= 15 is 0 Å². The third-order valence-corrected chi connectivity index (χ3v) is 3.82. The molecular formula is C15H18ClN3O. The number of ether oxygens (including phenoxy) is 1. The highest BCUT2D eigenvalue weighted by Gasteiger charge is 2.22. The number of benzene rings is 1. The number of rotatable bonds is 3. The van der Waals surface area contributed by atoms with Crippen molar-refractivity contribution in [2.24, 2.45) is 0 Å². The minimum absolute atomic E-state index is 0.192. The van der Waals surface area contributed by atoms with Crippen LogP contribution in [0, 0.1) is 0 Å². The molecule has 106 valence electrons. The van der Waals surface area contributed by atoms with Crippen molar-refractivity contribution in [3.8, 4) is 5.75 Å². The lowest BCUT2D eigenvalue weighted by Gasteiger charge is -2.22. The van der Waals surface area contributed by atoms with Gasteiger partial charge < -0.3 is 4.74 Å². The largest absolute Gasteiger partial charge is 0.489 e. The Balaban J connectivity index is 1.84. The molecule has 1 aromatic heterocycles. The molecule has 4 nitrogen and oxygen atoms in total. The second-order valence-corrected chi connectivity index (χ2v) is 5.59. The monoisotopic (exact) mass is 291 g/mol. The molecule has 0 bridgehead atoms. The quantitative estimate of drug-likeness (QED) is 0.944. The predicted octanol–water partition coefficient (Wildman–Crippen LogP) is 3.24. The van der Waals surface area contributed by atoms with Gasteiger partial charge in [0.1, 0.15) is 11.9 Å². The first-order valence-electron chi connectivity index (χ1n) is 6.90. The van der Waals surface area contributed by atoms with E-state index < -0.39 is 0 Å². The molecule has 1 aliphatic heterocycles. The minimum Gasteiger partial charge on any atom is -0.489 e. The lowest BCUT2D eigenvalue weighted by Crippen LogP contribution is -2.32. The van der Waals surface area contributed by atoms with E-state index in [0.717, 1.165) is 42.5 Å². The van der Waals surface area contributed by atoms with Crippen LogP contribution in [0.3, 0.4) is 0 Å². The summed E-state index contributed by atoms with van der Waals surface area (Å²) in [5.41, 5.74) is 2.31. The molecule has 0 radical (unpaired) electrons. The lowest BCUT2D eigenvalue weighted by molar-refractivity contribution is 0.138. The number of halogens is 1. The van der Waals surface area contributed by atoms with Gasteiger partial charge in [-0.1, -0.05) is 24.6 Å². The highest BCUT2D eigenvalue weighted by molar-refractivity contribution is 6.30. The van der Waals surface area contributed by atoms with E-state index in [1.54, 1.807) is 6.20 Å². The summed E-state index contributed by atoms with van der Waals surface area (Å²) < 4.78 is 6.08. The molecule has 5 heteroatoms. The van der Waals surface area contributed by atoms with E-state index in [1.165, 1.54) is 5.56 Å².